The summed E-state index contributed by atoms with van der Waals surface area (Å²) >= 11 is 0. The third kappa shape index (κ3) is 5.88. The topological polar surface area (TPSA) is 111 Å². The smallest absolute Gasteiger partial charge is 0.404 e. The van der Waals surface area contributed by atoms with Crippen LogP contribution in [0, 0.1) is 0 Å². The molecule has 1 aliphatic rings. The average Bonchev–Trinajstić information content (AvgIpc) is 3.11. The minimum absolute atomic E-state index is 0.0832. The highest BCUT2D eigenvalue weighted by Crippen LogP contribution is 2.29. The Bertz CT molecular complexity index is 900. The molecule has 1 fully saturated rings. The molecule has 8 nitrogen and oxygen atoms in total. The van der Waals surface area contributed by atoms with Crippen LogP contribution in [-0.2, 0) is 0 Å². The molecule has 2 aromatic rings. The van der Waals surface area contributed by atoms with E-state index in [1.54, 1.807) is 24.3 Å². The molecule has 0 radical (unpaired) electrons. The summed E-state index contributed by atoms with van der Waals surface area (Å²) < 4.78 is 0. The summed E-state index contributed by atoms with van der Waals surface area (Å²) in [5.41, 5.74) is 8.53. The molecular formula is C23H31N5O3. The lowest BCUT2D eigenvalue weighted by Crippen LogP contribution is -2.45. The fraction of sp³-hybridized carbons (Fsp3) is 0.391. The van der Waals surface area contributed by atoms with Gasteiger partial charge in [0.25, 0.3) is 5.91 Å². The van der Waals surface area contributed by atoms with Crippen molar-refractivity contribution in [3.63, 3.8) is 0 Å². The van der Waals surface area contributed by atoms with Crippen LogP contribution in [-0.4, -0.2) is 61.3 Å². The van der Waals surface area contributed by atoms with E-state index in [-0.39, 0.29) is 18.0 Å². The molecule has 0 saturated carbocycles. The van der Waals surface area contributed by atoms with Crippen molar-refractivity contribution in [1.29, 1.82) is 0 Å². The summed E-state index contributed by atoms with van der Waals surface area (Å²) in [6.45, 7) is 1.72. The monoisotopic (exact) mass is 425 g/mol. The third-order valence-corrected chi connectivity index (χ3v) is 5.63. The first kappa shape index (κ1) is 22.4. The Balaban J connectivity index is 1.70. The highest BCUT2D eigenvalue weighted by atomic mass is 16.4. The van der Waals surface area contributed by atoms with Crippen molar-refractivity contribution in [2.45, 2.75) is 31.3 Å². The largest absolute Gasteiger partial charge is 0.465 e. The van der Waals surface area contributed by atoms with E-state index in [1.807, 2.05) is 38.4 Å². The predicted molar refractivity (Wildman–Crippen MR) is 124 cm³/mol. The van der Waals surface area contributed by atoms with Crippen LogP contribution >= 0.6 is 0 Å². The molecule has 2 aromatic carbocycles. The number of nitrogens with one attached hydrogen (secondary N) is 2. The zero-order chi connectivity index (χ0) is 22.4. The van der Waals surface area contributed by atoms with Crippen molar-refractivity contribution in [1.82, 2.24) is 10.2 Å². The first-order valence-electron chi connectivity index (χ1n) is 10.5. The third-order valence-electron chi connectivity index (χ3n) is 5.63. The molecule has 0 aliphatic carbocycles. The molecule has 2 atom stereocenters. The Labute approximate surface area is 183 Å². The van der Waals surface area contributed by atoms with Gasteiger partial charge in [0.1, 0.15) is 0 Å². The zero-order valence-corrected chi connectivity index (χ0v) is 18.0. The Morgan fingerprint density at radius 3 is 2.52 bits per heavy atom. The number of hydrogen-bond acceptors (Lipinski definition) is 5. The Morgan fingerprint density at radius 2 is 1.87 bits per heavy atom. The van der Waals surface area contributed by atoms with Gasteiger partial charge in [0.2, 0.25) is 0 Å². The van der Waals surface area contributed by atoms with Crippen LogP contribution in [0.5, 0.6) is 0 Å². The van der Waals surface area contributed by atoms with Crippen molar-refractivity contribution in [3.05, 3.63) is 54.1 Å². The predicted octanol–water partition coefficient (Wildman–Crippen LogP) is 3.08. The molecule has 0 bridgehead atoms. The van der Waals surface area contributed by atoms with Crippen LogP contribution in [0.25, 0.3) is 0 Å². The van der Waals surface area contributed by atoms with Gasteiger partial charge in [-0.2, -0.15) is 0 Å². The second kappa shape index (κ2) is 10.2. The highest BCUT2D eigenvalue weighted by molar-refractivity contribution is 6.05. The molecule has 5 N–H and O–H groups in total. The number of carbonyl (C=O) groups is 2. The molecule has 166 valence electrons. The maximum Gasteiger partial charge on any atom is 0.404 e. The molecule has 1 aliphatic heterocycles. The van der Waals surface area contributed by atoms with Crippen LogP contribution in [0.1, 0.15) is 29.6 Å². The van der Waals surface area contributed by atoms with E-state index >= 15 is 0 Å². The molecule has 1 saturated heterocycles. The van der Waals surface area contributed by atoms with E-state index in [0.29, 0.717) is 16.9 Å². The Morgan fingerprint density at radius 1 is 1.16 bits per heavy atom. The quantitative estimate of drug-likeness (QED) is 0.484. The average molecular weight is 426 g/mol. The van der Waals surface area contributed by atoms with Crippen LogP contribution < -0.4 is 21.3 Å². The first-order chi connectivity index (χ1) is 14.8. The highest BCUT2D eigenvalue weighted by Gasteiger charge is 2.34. The SMILES string of the molecule is CN(C)CCCC1C(NC(=O)O)CCN1c1ccc(C(=O)Nc2ccccc2N)cc1. The van der Waals surface area contributed by atoms with E-state index in [1.165, 1.54) is 0 Å². The molecule has 0 aromatic heterocycles. The molecule has 2 unspecified atom stereocenters. The van der Waals surface area contributed by atoms with Crippen molar-refractivity contribution >= 4 is 29.1 Å². The Hall–Kier alpha value is -3.26. The summed E-state index contributed by atoms with van der Waals surface area (Å²) in [6.07, 6.45) is 1.63. The number of nitrogen functional groups attached to an aromatic ring is 1. The maximum absolute atomic E-state index is 12.6. The first-order valence-corrected chi connectivity index (χ1v) is 10.5. The van der Waals surface area contributed by atoms with E-state index in [4.69, 9.17) is 5.73 Å². The van der Waals surface area contributed by atoms with Crippen LogP contribution in [0.15, 0.2) is 48.5 Å². The van der Waals surface area contributed by atoms with Gasteiger partial charge in [-0.1, -0.05) is 12.1 Å². The van der Waals surface area contributed by atoms with Gasteiger partial charge >= 0.3 is 6.09 Å². The fourth-order valence-corrected chi connectivity index (χ4v) is 4.08. The summed E-state index contributed by atoms with van der Waals surface area (Å²) in [6, 6.07) is 14.5. The van der Waals surface area contributed by atoms with E-state index in [0.717, 1.165) is 38.0 Å². The molecular weight excluding hydrogens is 394 g/mol. The standard InChI is InChI=1S/C23H31N5O3/c1-27(2)14-5-8-21-20(26-23(30)31)13-15-28(21)17-11-9-16(10-12-17)22(29)25-19-7-4-3-6-18(19)24/h3-4,6-7,9-12,20-21,26H,5,8,13-15,24H2,1-2H3,(H,25,29)(H,30,31). The van der Waals surface area contributed by atoms with E-state index < -0.39 is 6.09 Å². The van der Waals surface area contributed by atoms with Gasteiger partial charge in [-0.25, -0.2) is 4.79 Å². The second-order valence-electron chi connectivity index (χ2n) is 8.14. The van der Waals surface area contributed by atoms with Gasteiger partial charge in [-0.3, -0.25) is 4.79 Å². The lowest BCUT2D eigenvalue weighted by molar-refractivity contribution is 0.102. The van der Waals surface area contributed by atoms with Crippen molar-refractivity contribution in [3.8, 4) is 0 Å². The fourth-order valence-electron chi connectivity index (χ4n) is 4.08. The van der Waals surface area contributed by atoms with Crippen molar-refractivity contribution < 1.29 is 14.7 Å². The van der Waals surface area contributed by atoms with Gasteiger partial charge in [-0.05, 0) is 76.3 Å². The van der Waals surface area contributed by atoms with Gasteiger partial charge in [0.05, 0.1) is 17.4 Å². The maximum atomic E-state index is 12.6. The number of hydrogen-bond donors (Lipinski definition) is 4. The number of para-hydroxylation sites is 2. The lowest BCUT2D eigenvalue weighted by Gasteiger charge is -2.30. The molecule has 31 heavy (non-hydrogen) atoms. The molecule has 1 heterocycles. The van der Waals surface area contributed by atoms with E-state index in [9.17, 15) is 14.7 Å². The number of nitrogens with two attached hydrogens (primary N) is 1. The lowest BCUT2D eigenvalue weighted by atomic mass is 10.0. The zero-order valence-electron chi connectivity index (χ0n) is 18.0. The van der Waals surface area contributed by atoms with Gasteiger partial charge in [0.15, 0.2) is 0 Å². The van der Waals surface area contributed by atoms with Crippen molar-refractivity contribution in [2.75, 3.05) is 43.1 Å². The van der Waals surface area contributed by atoms with Gasteiger partial charge in [-0.15, -0.1) is 0 Å². The minimum Gasteiger partial charge on any atom is -0.465 e. The number of nitrogens with zero attached hydrogens (tertiary/aromatic N) is 2. The summed E-state index contributed by atoms with van der Waals surface area (Å²) in [7, 11) is 4.07. The summed E-state index contributed by atoms with van der Waals surface area (Å²) in [4.78, 5) is 28.2. The van der Waals surface area contributed by atoms with Crippen molar-refractivity contribution in [2.24, 2.45) is 0 Å². The van der Waals surface area contributed by atoms with Gasteiger partial charge in [0, 0.05) is 23.8 Å². The van der Waals surface area contributed by atoms with Crippen LogP contribution in [0.2, 0.25) is 0 Å². The number of rotatable bonds is 8. The van der Waals surface area contributed by atoms with Crippen LogP contribution in [0.3, 0.4) is 0 Å². The number of benzene rings is 2. The van der Waals surface area contributed by atoms with Gasteiger partial charge < -0.3 is 31.3 Å². The molecule has 0 spiro atoms. The summed E-state index contributed by atoms with van der Waals surface area (Å²) in [5.74, 6) is -0.223. The molecule has 3 rings (SSSR count). The number of amides is 2. The molecule has 2 amide bonds. The second-order valence-corrected chi connectivity index (χ2v) is 8.14. The Kier molecular flexibility index (Phi) is 7.36. The number of anilines is 3. The normalized spacial score (nSPS) is 18.2. The number of carboxylic acid groups (broad SMARTS) is 1. The minimum atomic E-state index is -0.989. The summed E-state index contributed by atoms with van der Waals surface area (Å²) in [5, 5.41) is 14.7. The number of carbonyl (C=O) groups excluding carboxylic acids is 1. The van der Waals surface area contributed by atoms with Crippen LogP contribution in [0.4, 0.5) is 21.9 Å². The van der Waals surface area contributed by atoms with E-state index in [2.05, 4.69) is 20.4 Å². The molecule has 8 heteroatoms.